The van der Waals surface area contributed by atoms with Crippen LogP contribution in [0.3, 0.4) is 0 Å². The van der Waals surface area contributed by atoms with E-state index >= 15 is 0 Å². The molecule has 0 aromatic rings. The molecule has 84 valence electrons. The van der Waals surface area contributed by atoms with Gasteiger partial charge in [-0.15, -0.1) is 11.8 Å². The fourth-order valence-electron chi connectivity index (χ4n) is 1.21. The topological polar surface area (TPSA) is 0 Å². The normalized spacial score (nSPS) is 11.7. The Kier molecular flexibility index (Phi) is 12.0. The monoisotopic (exact) mass is 232 g/mol. The zero-order chi connectivity index (χ0) is 10.6. The van der Waals surface area contributed by atoms with Crippen molar-refractivity contribution in [2.24, 2.45) is 0 Å². The fourth-order valence-corrected chi connectivity index (χ4v) is 4.40. The van der Waals surface area contributed by atoms with E-state index in [-0.39, 0.29) is 7.92 Å². The van der Waals surface area contributed by atoms with Gasteiger partial charge in [0.2, 0.25) is 0 Å². The van der Waals surface area contributed by atoms with Crippen LogP contribution >= 0.6 is 19.7 Å². The maximum Gasteiger partial charge on any atom is -0.00544 e. The molecule has 0 heterocycles. The van der Waals surface area contributed by atoms with Crippen molar-refractivity contribution < 1.29 is 0 Å². The van der Waals surface area contributed by atoms with Crippen molar-refractivity contribution in [1.29, 1.82) is 0 Å². The second kappa shape index (κ2) is 11.6. The van der Waals surface area contributed by atoms with Crippen molar-refractivity contribution in [2.45, 2.75) is 46.5 Å². The molecular weight excluding hydrogens is 207 g/mol. The molecule has 0 aliphatic carbocycles. The van der Waals surface area contributed by atoms with E-state index < -0.39 is 0 Å². The zero-order valence-electron chi connectivity index (χ0n) is 9.96. The van der Waals surface area contributed by atoms with Crippen LogP contribution in [0.1, 0.15) is 46.5 Å². The summed E-state index contributed by atoms with van der Waals surface area (Å²) in [5.74, 6) is 3.70. The van der Waals surface area contributed by atoms with Crippen molar-refractivity contribution >= 4 is 19.7 Å². The van der Waals surface area contributed by atoms with Crippen LogP contribution in [-0.2, 0) is 0 Å². The highest BCUT2D eigenvalue weighted by molar-refractivity contribution is 8.02. The first-order valence-corrected chi connectivity index (χ1v) is 8.70. The molecule has 0 nitrogen and oxygen atoms in total. The summed E-state index contributed by atoms with van der Waals surface area (Å²) in [6.45, 7) is 6.80. The van der Waals surface area contributed by atoms with Gasteiger partial charge in [0.15, 0.2) is 0 Å². The van der Waals surface area contributed by atoms with Gasteiger partial charge in [0.25, 0.3) is 0 Å². The van der Waals surface area contributed by atoms with Crippen LogP contribution in [0.2, 0.25) is 0 Å². The SMILES string of the molecule is CCCCP(C=CSCC)CCCC. The van der Waals surface area contributed by atoms with Crippen LogP contribution in [0.25, 0.3) is 0 Å². The summed E-state index contributed by atoms with van der Waals surface area (Å²) < 4.78 is 0. The van der Waals surface area contributed by atoms with E-state index in [0.29, 0.717) is 0 Å². The van der Waals surface area contributed by atoms with Gasteiger partial charge in [-0.05, 0) is 36.3 Å². The van der Waals surface area contributed by atoms with Crippen LogP contribution in [-0.4, -0.2) is 18.1 Å². The van der Waals surface area contributed by atoms with Gasteiger partial charge in [-0.1, -0.05) is 47.4 Å². The molecule has 0 amide bonds. The second-order valence-corrected chi connectivity index (χ2v) is 7.04. The molecule has 0 rings (SSSR count). The largest absolute Gasteiger partial charge is 0.134 e. The van der Waals surface area contributed by atoms with Crippen LogP contribution in [0.5, 0.6) is 0 Å². The van der Waals surface area contributed by atoms with Crippen LogP contribution in [0, 0.1) is 0 Å². The number of unbranched alkanes of at least 4 members (excludes halogenated alkanes) is 2. The van der Waals surface area contributed by atoms with Crippen molar-refractivity contribution in [1.82, 2.24) is 0 Å². The van der Waals surface area contributed by atoms with E-state index in [1.54, 1.807) is 0 Å². The van der Waals surface area contributed by atoms with E-state index in [1.165, 1.54) is 43.8 Å². The third-order valence-electron chi connectivity index (χ3n) is 2.13. The van der Waals surface area contributed by atoms with Crippen molar-refractivity contribution in [2.75, 3.05) is 18.1 Å². The van der Waals surface area contributed by atoms with E-state index in [2.05, 4.69) is 32.0 Å². The molecule has 0 spiro atoms. The molecule has 0 aromatic heterocycles. The van der Waals surface area contributed by atoms with Crippen molar-refractivity contribution in [3.63, 3.8) is 0 Å². The molecule has 0 bridgehead atoms. The Balaban J connectivity index is 3.71. The molecule has 0 fully saturated rings. The van der Waals surface area contributed by atoms with Gasteiger partial charge in [-0.25, -0.2) is 0 Å². The van der Waals surface area contributed by atoms with E-state index in [1.807, 2.05) is 11.8 Å². The minimum atomic E-state index is 0.215. The Labute approximate surface area is 95.7 Å². The summed E-state index contributed by atoms with van der Waals surface area (Å²) in [6, 6.07) is 0. The predicted octanol–water partition coefficient (Wildman–Crippen LogP) is 5.29. The van der Waals surface area contributed by atoms with Crippen LogP contribution in [0.15, 0.2) is 11.2 Å². The molecule has 0 saturated heterocycles. The maximum atomic E-state index is 2.49. The lowest BCUT2D eigenvalue weighted by Crippen LogP contribution is -1.87. The van der Waals surface area contributed by atoms with Gasteiger partial charge in [0.05, 0.1) is 0 Å². The summed E-state index contributed by atoms with van der Waals surface area (Å²) in [5, 5.41) is 2.33. The summed E-state index contributed by atoms with van der Waals surface area (Å²) in [7, 11) is 0.215. The average Bonchev–Trinajstić information content (AvgIpc) is 2.21. The standard InChI is InChI=1S/C12H25PS/c1-4-7-9-13(10-8-5-2)11-12-14-6-3/h11-12H,4-10H2,1-3H3. The van der Waals surface area contributed by atoms with E-state index in [0.717, 1.165) is 0 Å². The fraction of sp³-hybridized carbons (Fsp3) is 0.833. The van der Waals surface area contributed by atoms with Crippen LogP contribution in [0.4, 0.5) is 0 Å². The maximum absolute atomic E-state index is 2.49. The van der Waals surface area contributed by atoms with Gasteiger partial charge in [0.1, 0.15) is 0 Å². The highest BCUT2D eigenvalue weighted by atomic mass is 32.2. The lowest BCUT2D eigenvalue weighted by Gasteiger charge is -2.11. The summed E-state index contributed by atoms with van der Waals surface area (Å²) in [5.41, 5.74) is 0. The minimum Gasteiger partial charge on any atom is -0.134 e. The molecule has 0 aliphatic heterocycles. The van der Waals surface area contributed by atoms with E-state index in [9.17, 15) is 0 Å². The highest BCUT2D eigenvalue weighted by Crippen LogP contribution is 2.39. The Morgan fingerprint density at radius 2 is 1.57 bits per heavy atom. The Morgan fingerprint density at radius 3 is 2.00 bits per heavy atom. The summed E-state index contributed by atoms with van der Waals surface area (Å²) in [6.07, 6.45) is 8.42. The van der Waals surface area contributed by atoms with Gasteiger partial charge < -0.3 is 0 Å². The Hall–Kier alpha value is 0.520. The molecule has 14 heavy (non-hydrogen) atoms. The first-order chi connectivity index (χ1) is 6.85. The first-order valence-electron chi connectivity index (χ1n) is 5.87. The van der Waals surface area contributed by atoms with Gasteiger partial charge in [-0.3, -0.25) is 0 Å². The van der Waals surface area contributed by atoms with Gasteiger partial charge in [-0.2, -0.15) is 0 Å². The highest BCUT2D eigenvalue weighted by Gasteiger charge is 2.01. The quantitative estimate of drug-likeness (QED) is 0.486. The first kappa shape index (κ1) is 14.5. The van der Waals surface area contributed by atoms with Crippen molar-refractivity contribution in [3.05, 3.63) is 11.2 Å². The van der Waals surface area contributed by atoms with E-state index in [4.69, 9.17) is 0 Å². The summed E-state index contributed by atoms with van der Waals surface area (Å²) >= 11 is 1.94. The number of thioether (sulfide) groups is 1. The molecule has 0 saturated carbocycles. The third-order valence-corrected chi connectivity index (χ3v) is 5.35. The number of hydrogen-bond acceptors (Lipinski definition) is 1. The molecule has 0 aliphatic rings. The Bertz CT molecular complexity index is 126. The predicted molar refractivity (Wildman–Crippen MR) is 73.7 cm³/mol. The van der Waals surface area contributed by atoms with Gasteiger partial charge >= 0.3 is 0 Å². The lowest BCUT2D eigenvalue weighted by molar-refractivity contribution is 0.870. The van der Waals surface area contributed by atoms with Crippen LogP contribution < -0.4 is 0 Å². The van der Waals surface area contributed by atoms with Crippen molar-refractivity contribution in [3.8, 4) is 0 Å². The number of hydrogen-bond donors (Lipinski definition) is 0. The molecule has 0 radical (unpaired) electrons. The van der Waals surface area contributed by atoms with Gasteiger partial charge in [0, 0.05) is 0 Å². The summed E-state index contributed by atoms with van der Waals surface area (Å²) in [4.78, 5) is 0. The molecule has 0 atom stereocenters. The molecule has 2 heteroatoms. The third kappa shape index (κ3) is 9.09. The molecule has 0 unspecified atom stereocenters. The number of rotatable bonds is 9. The average molecular weight is 232 g/mol. The molecule has 0 aromatic carbocycles. The molecule has 0 N–H and O–H groups in total. The Morgan fingerprint density at radius 1 is 1.00 bits per heavy atom. The molecular formula is C12H25PS. The minimum absolute atomic E-state index is 0.215. The second-order valence-electron chi connectivity index (χ2n) is 3.48. The lowest BCUT2D eigenvalue weighted by atomic mass is 10.4. The smallest absolute Gasteiger partial charge is 0.00544 e. The zero-order valence-corrected chi connectivity index (χ0v) is 11.7.